The van der Waals surface area contributed by atoms with Crippen molar-refractivity contribution in [3.63, 3.8) is 0 Å². The van der Waals surface area contributed by atoms with Gasteiger partial charge in [-0.2, -0.15) is 0 Å². The lowest BCUT2D eigenvalue weighted by atomic mass is 10.1. The fraction of sp³-hybridized carbons (Fsp3) is 0.474. The van der Waals surface area contributed by atoms with E-state index in [0.717, 1.165) is 0 Å². The predicted molar refractivity (Wildman–Crippen MR) is 109 cm³/mol. The van der Waals surface area contributed by atoms with Gasteiger partial charge in [-0.25, -0.2) is 0 Å². The summed E-state index contributed by atoms with van der Waals surface area (Å²) in [7, 11) is 1.59. The van der Waals surface area contributed by atoms with Crippen molar-refractivity contribution in [3.8, 4) is 5.75 Å². The molecule has 1 unspecified atom stereocenters. The highest BCUT2D eigenvalue weighted by Crippen LogP contribution is 2.14. The number of hydrogen-bond donors (Lipinski definition) is 2. The molecule has 0 spiro atoms. The number of methoxy groups -OCH3 is 1. The van der Waals surface area contributed by atoms with Gasteiger partial charge in [0.15, 0.2) is 5.11 Å². The molecule has 0 radical (unpaired) electrons. The van der Waals surface area contributed by atoms with E-state index in [9.17, 15) is 14.4 Å². The Morgan fingerprint density at radius 1 is 1.28 bits per heavy atom. The van der Waals surface area contributed by atoms with Crippen LogP contribution in [0, 0.1) is 0 Å². The van der Waals surface area contributed by atoms with Gasteiger partial charge in [0, 0.05) is 25.8 Å². The number of ether oxygens (including phenoxy) is 3. The zero-order chi connectivity index (χ0) is 21.2. The summed E-state index contributed by atoms with van der Waals surface area (Å²) < 4.78 is 15.3. The van der Waals surface area contributed by atoms with Crippen molar-refractivity contribution in [3.05, 3.63) is 29.8 Å². The average Bonchev–Trinajstić information content (AvgIpc) is 2.70. The summed E-state index contributed by atoms with van der Waals surface area (Å²) in [5.74, 6) is -0.640. The van der Waals surface area contributed by atoms with Crippen molar-refractivity contribution >= 4 is 35.1 Å². The number of piperazine rings is 1. The topological polar surface area (TPSA) is 106 Å². The zero-order valence-electron chi connectivity index (χ0n) is 16.4. The first-order chi connectivity index (χ1) is 14.0. The Kier molecular flexibility index (Phi) is 8.81. The molecule has 29 heavy (non-hydrogen) atoms. The van der Waals surface area contributed by atoms with E-state index in [-0.39, 0.29) is 24.0 Å². The van der Waals surface area contributed by atoms with E-state index in [1.165, 1.54) is 4.90 Å². The summed E-state index contributed by atoms with van der Waals surface area (Å²) in [6, 6.07) is 5.74. The molecule has 10 heteroatoms. The Balaban J connectivity index is 1.98. The maximum absolute atomic E-state index is 12.5. The largest absolute Gasteiger partial charge is 0.491 e. The van der Waals surface area contributed by atoms with Crippen molar-refractivity contribution in [1.29, 1.82) is 0 Å². The second-order valence-electron chi connectivity index (χ2n) is 6.13. The number of carbonyl (C=O) groups excluding carboxylic acids is 3. The summed E-state index contributed by atoms with van der Waals surface area (Å²) >= 11 is 5.32. The van der Waals surface area contributed by atoms with Gasteiger partial charge in [0.1, 0.15) is 18.4 Å². The molecule has 0 aromatic heterocycles. The summed E-state index contributed by atoms with van der Waals surface area (Å²) in [6.07, 6.45) is -0.150. The van der Waals surface area contributed by atoms with Crippen molar-refractivity contribution in [2.75, 3.05) is 40.0 Å². The number of hydrogen-bond acceptors (Lipinski definition) is 7. The first-order valence-electron chi connectivity index (χ1n) is 9.23. The van der Waals surface area contributed by atoms with E-state index in [4.69, 9.17) is 26.4 Å². The van der Waals surface area contributed by atoms with E-state index in [1.807, 2.05) is 0 Å². The third-order valence-electron chi connectivity index (χ3n) is 4.15. The maximum Gasteiger partial charge on any atom is 0.308 e. The van der Waals surface area contributed by atoms with Crippen molar-refractivity contribution < 1.29 is 28.6 Å². The van der Waals surface area contributed by atoms with Crippen LogP contribution < -0.4 is 15.4 Å². The Labute approximate surface area is 174 Å². The minimum Gasteiger partial charge on any atom is -0.491 e. The molecular formula is C19H25N3O6S. The lowest BCUT2D eigenvalue weighted by Gasteiger charge is -2.36. The van der Waals surface area contributed by atoms with Crippen LogP contribution in [0.4, 0.5) is 0 Å². The number of carbonyl (C=O) groups is 3. The molecule has 1 aromatic carbocycles. The smallest absolute Gasteiger partial charge is 0.308 e. The second-order valence-corrected chi connectivity index (χ2v) is 6.52. The number of benzene rings is 1. The van der Waals surface area contributed by atoms with Gasteiger partial charge in [-0.1, -0.05) is 0 Å². The van der Waals surface area contributed by atoms with Crippen LogP contribution in [0.5, 0.6) is 5.75 Å². The SMILES string of the molecule is CCOC(=O)CC1C(=O)NCCN1C(=S)NC(=O)c1ccc(OCCOC)cc1. The van der Waals surface area contributed by atoms with Gasteiger partial charge in [-0.05, 0) is 43.4 Å². The van der Waals surface area contributed by atoms with Gasteiger partial charge in [0.05, 0.1) is 19.6 Å². The molecular weight excluding hydrogens is 398 g/mol. The Bertz CT molecular complexity index is 740. The summed E-state index contributed by atoms with van der Waals surface area (Å²) in [5.41, 5.74) is 0.384. The molecule has 1 atom stereocenters. The average molecular weight is 423 g/mol. The summed E-state index contributed by atoms with van der Waals surface area (Å²) in [6.45, 7) is 3.52. The third kappa shape index (κ3) is 6.68. The zero-order valence-corrected chi connectivity index (χ0v) is 17.3. The molecule has 158 valence electrons. The highest BCUT2D eigenvalue weighted by atomic mass is 32.1. The lowest BCUT2D eigenvalue weighted by molar-refractivity contribution is -0.147. The van der Waals surface area contributed by atoms with Crippen molar-refractivity contribution in [2.24, 2.45) is 0 Å². The predicted octanol–water partition coefficient (Wildman–Crippen LogP) is 0.480. The Hall–Kier alpha value is -2.72. The number of esters is 1. The standard InChI is InChI=1S/C19H25N3O6S/c1-3-27-16(23)12-15-18(25)20-8-9-22(15)19(29)21-17(24)13-4-6-14(7-5-13)28-11-10-26-2/h4-7,15H,3,8-12H2,1-2H3,(H,20,25)(H,21,24,29). The van der Waals surface area contributed by atoms with Crippen molar-refractivity contribution in [1.82, 2.24) is 15.5 Å². The number of amides is 2. The molecule has 2 rings (SSSR count). The molecule has 0 bridgehead atoms. The van der Waals surface area contributed by atoms with E-state index in [0.29, 0.717) is 37.6 Å². The van der Waals surface area contributed by atoms with Crippen molar-refractivity contribution in [2.45, 2.75) is 19.4 Å². The maximum atomic E-state index is 12.5. The third-order valence-corrected chi connectivity index (χ3v) is 4.49. The van der Waals surface area contributed by atoms with Crippen LogP contribution in [0.3, 0.4) is 0 Å². The fourth-order valence-corrected chi connectivity index (χ4v) is 3.04. The first kappa shape index (κ1) is 22.6. The minimum atomic E-state index is -0.827. The van der Waals surface area contributed by atoms with Crippen LogP contribution in [0.1, 0.15) is 23.7 Å². The van der Waals surface area contributed by atoms with E-state index < -0.39 is 17.9 Å². The van der Waals surface area contributed by atoms with Gasteiger partial charge in [-0.3, -0.25) is 19.7 Å². The normalized spacial score (nSPS) is 16.0. The molecule has 0 aliphatic carbocycles. The van der Waals surface area contributed by atoms with E-state index in [2.05, 4.69) is 10.6 Å². The molecule has 1 aliphatic heterocycles. The molecule has 1 aliphatic rings. The van der Waals surface area contributed by atoms with Gasteiger partial charge in [0.25, 0.3) is 5.91 Å². The molecule has 9 nitrogen and oxygen atoms in total. The van der Waals surface area contributed by atoms with Gasteiger partial charge in [-0.15, -0.1) is 0 Å². The van der Waals surface area contributed by atoms with Gasteiger partial charge in [0.2, 0.25) is 5.91 Å². The number of rotatable bonds is 8. The fourth-order valence-electron chi connectivity index (χ4n) is 2.72. The van der Waals surface area contributed by atoms with E-state index in [1.54, 1.807) is 38.3 Å². The molecule has 1 heterocycles. The van der Waals surface area contributed by atoms with Crippen LogP contribution in [-0.4, -0.2) is 73.9 Å². The molecule has 1 saturated heterocycles. The molecule has 0 saturated carbocycles. The van der Waals surface area contributed by atoms with Crippen LogP contribution in [0.2, 0.25) is 0 Å². The lowest BCUT2D eigenvalue weighted by Crippen LogP contribution is -2.60. The Morgan fingerprint density at radius 2 is 2.00 bits per heavy atom. The van der Waals surface area contributed by atoms with Crippen LogP contribution >= 0.6 is 12.2 Å². The minimum absolute atomic E-state index is 0.0829. The van der Waals surface area contributed by atoms with Crippen LogP contribution in [0.15, 0.2) is 24.3 Å². The quantitative estimate of drug-likeness (QED) is 0.353. The molecule has 2 amide bonds. The first-order valence-corrected chi connectivity index (χ1v) is 9.64. The summed E-state index contributed by atoms with van der Waals surface area (Å²) in [4.78, 5) is 38.0. The number of thiocarbonyl (C=S) groups is 1. The van der Waals surface area contributed by atoms with Gasteiger partial charge < -0.3 is 24.4 Å². The number of nitrogens with zero attached hydrogens (tertiary/aromatic N) is 1. The van der Waals surface area contributed by atoms with Crippen LogP contribution in [-0.2, 0) is 19.1 Å². The highest BCUT2D eigenvalue weighted by molar-refractivity contribution is 7.80. The molecule has 1 fully saturated rings. The highest BCUT2D eigenvalue weighted by Gasteiger charge is 2.34. The Morgan fingerprint density at radius 3 is 2.66 bits per heavy atom. The monoisotopic (exact) mass is 423 g/mol. The van der Waals surface area contributed by atoms with Gasteiger partial charge >= 0.3 is 5.97 Å². The second kappa shape index (κ2) is 11.3. The van der Waals surface area contributed by atoms with Crippen LogP contribution in [0.25, 0.3) is 0 Å². The number of nitrogens with one attached hydrogen (secondary N) is 2. The van der Waals surface area contributed by atoms with E-state index >= 15 is 0 Å². The summed E-state index contributed by atoms with van der Waals surface area (Å²) in [5, 5.41) is 5.39. The molecule has 1 aromatic rings. The molecule has 2 N–H and O–H groups in total.